The molecule has 0 N–H and O–H groups in total. The number of benzene rings is 1. The second-order valence-electron chi connectivity index (χ2n) is 5.53. The molecule has 0 atom stereocenters. The van der Waals surface area contributed by atoms with Crippen LogP contribution >= 0.6 is 0 Å². The maximum Gasteiger partial charge on any atom is 0.181 e. The van der Waals surface area contributed by atoms with Gasteiger partial charge in [-0.1, -0.05) is 75.1 Å². The minimum absolute atomic E-state index is 0.698. The summed E-state index contributed by atoms with van der Waals surface area (Å²) < 4.78 is 0. The average molecular weight is 212 g/mol. The lowest BCUT2D eigenvalue weighted by molar-refractivity contribution is 0.953. The molecule has 2 rings (SSSR count). The Hall–Kier alpha value is -0.975. The molecule has 0 bridgehead atoms. The van der Waals surface area contributed by atoms with Crippen molar-refractivity contribution < 1.29 is 0 Å². The highest BCUT2D eigenvalue weighted by atomic mass is 14.1. The van der Waals surface area contributed by atoms with Gasteiger partial charge in [0.1, 0.15) is 0 Å². The molecule has 0 aromatic heterocycles. The van der Waals surface area contributed by atoms with Crippen molar-refractivity contribution in [3.05, 3.63) is 41.5 Å². The van der Waals surface area contributed by atoms with Gasteiger partial charge >= 0.3 is 0 Å². The minimum atomic E-state index is 0.698. The van der Waals surface area contributed by atoms with Gasteiger partial charge in [-0.2, -0.15) is 0 Å². The molecule has 0 unspecified atom stereocenters. The van der Waals surface area contributed by atoms with Crippen molar-refractivity contribution in [3.63, 3.8) is 0 Å². The summed E-state index contributed by atoms with van der Waals surface area (Å²) >= 11 is 0. The van der Waals surface area contributed by atoms with Crippen molar-refractivity contribution in [3.8, 4) is 0 Å². The van der Waals surface area contributed by atoms with Gasteiger partial charge in [0.25, 0.3) is 0 Å². The third-order valence-corrected chi connectivity index (χ3v) is 3.67. The normalized spacial score (nSPS) is 14.2. The van der Waals surface area contributed by atoms with E-state index in [-0.39, 0.29) is 0 Å². The van der Waals surface area contributed by atoms with Crippen LogP contribution in [0.4, 0.5) is 0 Å². The van der Waals surface area contributed by atoms with Gasteiger partial charge in [-0.3, -0.25) is 0 Å². The fourth-order valence-corrected chi connectivity index (χ4v) is 3.11. The Balaban J connectivity index is 2.36. The fraction of sp³-hybridized carbons (Fsp3) is 0.467. The zero-order valence-electron chi connectivity index (χ0n) is 10.8. The number of hydrogen-bond donors (Lipinski definition) is 0. The maximum absolute atomic E-state index is 2.44. The first-order chi connectivity index (χ1) is 7.61. The Labute approximate surface area is 99.8 Å². The van der Waals surface area contributed by atoms with Gasteiger partial charge in [-0.25, -0.2) is 0 Å². The van der Waals surface area contributed by atoms with E-state index in [1.165, 1.54) is 11.1 Å². The van der Waals surface area contributed by atoms with Gasteiger partial charge in [0, 0.05) is 0 Å². The first-order valence-corrected chi connectivity index (χ1v) is 6.39. The Morgan fingerprint density at radius 3 is 2.25 bits per heavy atom. The molecule has 1 aliphatic carbocycles. The van der Waals surface area contributed by atoms with Crippen molar-refractivity contribution >= 4 is 12.2 Å². The molecule has 84 valence electrons. The van der Waals surface area contributed by atoms with Crippen LogP contribution in [0.15, 0.2) is 30.3 Å². The Bertz CT molecular complexity index is 394. The van der Waals surface area contributed by atoms with E-state index in [9.17, 15) is 0 Å². The molecule has 1 aromatic rings. The van der Waals surface area contributed by atoms with Crippen molar-refractivity contribution in [2.24, 2.45) is 0 Å². The molecule has 1 aromatic carbocycles. The predicted octanol–water partition coefficient (Wildman–Crippen LogP) is 4.48. The van der Waals surface area contributed by atoms with Crippen molar-refractivity contribution in [1.29, 1.82) is 0 Å². The van der Waals surface area contributed by atoms with Crippen molar-refractivity contribution in [2.75, 3.05) is 0 Å². The van der Waals surface area contributed by atoms with E-state index in [0.29, 0.717) is 6.71 Å². The third kappa shape index (κ3) is 1.96. The number of fused-ring (bicyclic) bond motifs is 1. The third-order valence-electron chi connectivity index (χ3n) is 3.67. The molecule has 0 fully saturated rings. The molecule has 16 heavy (non-hydrogen) atoms. The van der Waals surface area contributed by atoms with Crippen LogP contribution in [0.25, 0.3) is 5.47 Å². The molecule has 0 heterocycles. The van der Waals surface area contributed by atoms with E-state index in [1.54, 1.807) is 5.47 Å². The molecule has 0 radical (unpaired) electrons. The first-order valence-electron chi connectivity index (χ1n) is 6.39. The van der Waals surface area contributed by atoms with Gasteiger partial charge in [0.05, 0.1) is 0 Å². The number of hydrogen-bond acceptors (Lipinski definition) is 0. The van der Waals surface area contributed by atoms with E-state index < -0.39 is 0 Å². The van der Waals surface area contributed by atoms with Gasteiger partial charge in [0.2, 0.25) is 0 Å². The highest BCUT2D eigenvalue weighted by Crippen LogP contribution is 2.37. The van der Waals surface area contributed by atoms with Crippen LogP contribution in [-0.4, -0.2) is 6.71 Å². The van der Waals surface area contributed by atoms with Gasteiger partial charge in [-0.05, 0) is 17.5 Å². The van der Waals surface area contributed by atoms with Gasteiger partial charge in [0.15, 0.2) is 6.71 Å². The van der Waals surface area contributed by atoms with Crippen LogP contribution in [0, 0.1) is 0 Å². The summed E-state index contributed by atoms with van der Waals surface area (Å²) in [4.78, 5) is 0. The molecular formula is C15H21B. The number of allylic oxidation sites excluding steroid dienone is 1. The van der Waals surface area contributed by atoms with Crippen LogP contribution in [0.5, 0.6) is 0 Å². The summed E-state index contributed by atoms with van der Waals surface area (Å²) in [7, 11) is 0. The van der Waals surface area contributed by atoms with Crippen LogP contribution in [-0.2, 0) is 6.42 Å². The predicted molar refractivity (Wildman–Crippen MR) is 74.1 cm³/mol. The zero-order valence-corrected chi connectivity index (χ0v) is 10.8. The van der Waals surface area contributed by atoms with E-state index in [1.807, 2.05) is 0 Å². The number of rotatable bonds is 3. The highest BCUT2D eigenvalue weighted by molar-refractivity contribution is 6.81. The lowest BCUT2D eigenvalue weighted by atomic mass is 9.31. The molecule has 0 aliphatic heterocycles. The highest BCUT2D eigenvalue weighted by Gasteiger charge is 2.29. The zero-order chi connectivity index (χ0) is 11.7. The summed E-state index contributed by atoms with van der Waals surface area (Å²) in [6.45, 7) is 10.1. The molecule has 1 aliphatic rings. The molecule has 0 saturated heterocycles. The Kier molecular flexibility index (Phi) is 3.23. The van der Waals surface area contributed by atoms with E-state index in [2.05, 4.69) is 58.0 Å². The van der Waals surface area contributed by atoms with Crippen LogP contribution in [0.2, 0.25) is 11.6 Å². The molecular weight excluding hydrogens is 191 g/mol. The van der Waals surface area contributed by atoms with Gasteiger partial charge in [-0.15, -0.1) is 0 Å². The summed E-state index contributed by atoms with van der Waals surface area (Å²) in [5, 5.41) is 0. The summed E-state index contributed by atoms with van der Waals surface area (Å²) in [5.41, 5.74) is 4.58. The van der Waals surface area contributed by atoms with Crippen LogP contribution < -0.4 is 0 Å². The van der Waals surface area contributed by atoms with Crippen LogP contribution in [0.1, 0.15) is 38.8 Å². The molecule has 0 nitrogen and oxygen atoms in total. The van der Waals surface area contributed by atoms with Crippen molar-refractivity contribution in [1.82, 2.24) is 0 Å². The molecule has 0 saturated carbocycles. The largest absolute Gasteiger partial charge is 0.181 e. The van der Waals surface area contributed by atoms with Crippen molar-refractivity contribution in [2.45, 2.75) is 45.8 Å². The first kappa shape index (κ1) is 11.5. The van der Waals surface area contributed by atoms with E-state index in [4.69, 9.17) is 0 Å². The summed E-state index contributed by atoms with van der Waals surface area (Å²) in [6, 6.07) is 8.85. The average Bonchev–Trinajstić information content (AvgIpc) is 2.61. The second kappa shape index (κ2) is 4.49. The smallest absolute Gasteiger partial charge is 0.0850 e. The maximum atomic E-state index is 2.44. The standard InChI is InChI=1S/C15H21B/c1-11(2)16(12(3)4)15-10-9-13-7-5-6-8-14(13)15/h5-8,10-12H,9H2,1-4H3. The lowest BCUT2D eigenvalue weighted by Crippen LogP contribution is -2.22. The fourth-order valence-electron chi connectivity index (χ4n) is 3.11. The lowest BCUT2D eigenvalue weighted by Gasteiger charge is -2.23. The second-order valence-corrected chi connectivity index (χ2v) is 5.53. The van der Waals surface area contributed by atoms with Crippen LogP contribution in [0.3, 0.4) is 0 Å². The topological polar surface area (TPSA) is 0 Å². The summed E-state index contributed by atoms with van der Waals surface area (Å²) in [5.74, 6) is 1.44. The molecule has 0 spiro atoms. The van der Waals surface area contributed by atoms with E-state index >= 15 is 0 Å². The van der Waals surface area contributed by atoms with Gasteiger partial charge < -0.3 is 0 Å². The summed E-state index contributed by atoms with van der Waals surface area (Å²) in [6.07, 6.45) is 3.57. The minimum Gasteiger partial charge on any atom is -0.0850 e. The SMILES string of the molecule is CC(C)B(C1=CCc2ccccc21)C(C)C. The van der Waals surface area contributed by atoms with E-state index in [0.717, 1.165) is 18.1 Å². The monoisotopic (exact) mass is 212 g/mol. The molecule has 0 amide bonds. The quantitative estimate of drug-likeness (QED) is 0.648. The Morgan fingerprint density at radius 2 is 1.62 bits per heavy atom. The Morgan fingerprint density at radius 1 is 1.00 bits per heavy atom. The molecule has 1 heteroatoms.